The van der Waals surface area contributed by atoms with Crippen LogP contribution in [0.5, 0.6) is 0 Å². The Morgan fingerprint density at radius 2 is 1.84 bits per heavy atom. The Balaban J connectivity index is 2.31. The molecule has 1 amide bonds. The van der Waals surface area contributed by atoms with Crippen molar-refractivity contribution in [1.29, 1.82) is 0 Å². The summed E-state index contributed by atoms with van der Waals surface area (Å²) in [7, 11) is -0.558. The van der Waals surface area contributed by atoms with Gasteiger partial charge in [0.1, 0.15) is 5.69 Å². The number of halogens is 1. The van der Waals surface area contributed by atoms with Gasteiger partial charge >= 0.3 is 7.12 Å². The number of nitrogens with two attached hydrogens (primary N) is 1. The highest BCUT2D eigenvalue weighted by molar-refractivity contribution is 6.62. The van der Waals surface area contributed by atoms with Gasteiger partial charge in [0, 0.05) is 11.7 Å². The molecule has 2 rings (SSSR count). The van der Waals surface area contributed by atoms with Crippen molar-refractivity contribution < 1.29 is 14.1 Å². The Kier molecular flexibility index (Phi) is 3.37. The maximum Gasteiger partial charge on any atom is 0.496 e. The number of pyridine rings is 1. The number of carbonyl (C=O) groups excluding carboxylic acids is 1. The van der Waals surface area contributed by atoms with Crippen LogP contribution in [0.15, 0.2) is 12.3 Å². The summed E-state index contributed by atoms with van der Waals surface area (Å²) >= 11 is 5.97. The number of rotatable bonds is 2. The van der Waals surface area contributed by atoms with Crippen LogP contribution in [0.2, 0.25) is 5.02 Å². The van der Waals surface area contributed by atoms with Crippen LogP contribution in [-0.2, 0) is 9.31 Å². The number of aromatic nitrogens is 1. The molecule has 1 aromatic heterocycles. The van der Waals surface area contributed by atoms with Crippen molar-refractivity contribution in [3.63, 3.8) is 0 Å². The normalized spacial score (nSPS) is 20.6. The van der Waals surface area contributed by atoms with Crippen molar-refractivity contribution in [2.75, 3.05) is 0 Å². The second-order valence-electron chi connectivity index (χ2n) is 5.55. The van der Waals surface area contributed by atoms with E-state index in [1.807, 2.05) is 27.7 Å². The number of nitrogens with zero attached hydrogens (tertiary/aromatic N) is 1. The number of carbonyl (C=O) groups is 1. The highest BCUT2D eigenvalue weighted by Gasteiger charge is 2.51. The van der Waals surface area contributed by atoms with Gasteiger partial charge in [0.25, 0.3) is 5.91 Å². The first kappa shape index (κ1) is 14.3. The fraction of sp³-hybridized carbons (Fsp3) is 0.500. The number of primary amides is 1. The summed E-state index contributed by atoms with van der Waals surface area (Å²) in [6, 6.07) is 1.59. The largest absolute Gasteiger partial charge is 0.496 e. The zero-order valence-corrected chi connectivity index (χ0v) is 12.1. The number of amides is 1. The van der Waals surface area contributed by atoms with E-state index in [2.05, 4.69) is 4.98 Å². The molecule has 1 aliphatic rings. The fourth-order valence-corrected chi connectivity index (χ4v) is 2.01. The lowest BCUT2D eigenvalue weighted by atomic mass is 9.80. The maximum atomic E-state index is 11.1. The van der Waals surface area contributed by atoms with E-state index in [4.69, 9.17) is 26.6 Å². The molecule has 0 bridgehead atoms. The molecule has 102 valence electrons. The van der Waals surface area contributed by atoms with Gasteiger partial charge in [-0.2, -0.15) is 0 Å². The third kappa shape index (κ3) is 2.48. The first-order chi connectivity index (χ1) is 8.64. The second-order valence-corrected chi connectivity index (χ2v) is 5.96. The number of hydrogen-bond acceptors (Lipinski definition) is 4. The molecule has 0 radical (unpaired) electrons. The summed E-state index contributed by atoms with van der Waals surface area (Å²) in [4.78, 5) is 15.0. The summed E-state index contributed by atoms with van der Waals surface area (Å²) in [5.74, 6) is -0.662. The molecule has 1 aliphatic heterocycles. The van der Waals surface area contributed by atoms with Crippen LogP contribution in [0, 0.1) is 0 Å². The molecule has 19 heavy (non-hydrogen) atoms. The third-order valence-electron chi connectivity index (χ3n) is 3.62. The Hall–Kier alpha value is -1.11. The molecular weight excluding hydrogens is 266 g/mol. The molecular formula is C12H16BClN2O3. The van der Waals surface area contributed by atoms with Crippen molar-refractivity contribution in [2.45, 2.75) is 38.9 Å². The SMILES string of the molecule is CC1(C)OB(c2cnc(C(N)=O)c(Cl)c2)OC1(C)C. The Bertz CT molecular complexity index is 518. The van der Waals surface area contributed by atoms with Crippen molar-refractivity contribution >= 4 is 30.1 Å². The van der Waals surface area contributed by atoms with Crippen LogP contribution in [0.25, 0.3) is 0 Å². The van der Waals surface area contributed by atoms with E-state index in [9.17, 15) is 4.79 Å². The summed E-state index contributed by atoms with van der Waals surface area (Å²) in [5.41, 5.74) is 4.98. The molecule has 0 atom stereocenters. The van der Waals surface area contributed by atoms with Crippen molar-refractivity contribution in [3.8, 4) is 0 Å². The van der Waals surface area contributed by atoms with Crippen LogP contribution in [0.4, 0.5) is 0 Å². The van der Waals surface area contributed by atoms with E-state index in [0.29, 0.717) is 5.46 Å². The van der Waals surface area contributed by atoms with Crippen LogP contribution < -0.4 is 11.2 Å². The Labute approximate surface area is 117 Å². The van der Waals surface area contributed by atoms with Crippen molar-refractivity contribution in [3.05, 3.63) is 23.0 Å². The lowest BCUT2D eigenvalue weighted by Crippen LogP contribution is -2.41. The molecule has 1 aromatic rings. The quantitative estimate of drug-likeness (QED) is 0.825. The molecule has 2 heterocycles. The van der Waals surface area contributed by atoms with Crippen LogP contribution >= 0.6 is 11.6 Å². The van der Waals surface area contributed by atoms with E-state index in [1.54, 1.807) is 6.07 Å². The molecule has 0 saturated carbocycles. The summed E-state index contributed by atoms with van der Waals surface area (Å²) in [6.07, 6.45) is 1.49. The number of hydrogen-bond donors (Lipinski definition) is 1. The smallest absolute Gasteiger partial charge is 0.399 e. The predicted molar refractivity (Wildman–Crippen MR) is 73.5 cm³/mol. The molecule has 1 saturated heterocycles. The standard InChI is InChI=1S/C12H16BClN2O3/c1-11(2)12(3,4)19-13(18-11)7-5-8(14)9(10(15)17)16-6-7/h5-6H,1-4H3,(H2,15,17). The minimum absolute atomic E-state index is 0.0435. The first-order valence-electron chi connectivity index (χ1n) is 5.95. The van der Waals surface area contributed by atoms with Crippen molar-refractivity contribution in [2.24, 2.45) is 5.73 Å². The van der Waals surface area contributed by atoms with Gasteiger partial charge in [-0.1, -0.05) is 11.6 Å². The first-order valence-corrected chi connectivity index (χ1v) is 6.33. The zero-order valence-electron chi connectivity index (χ0n) is 11.4. The highest BCUT2D eigenvalue weighted by Crippen LogP contribution is 2.36. The van der Waals surface area contributed by atoms with Gasteiger partial charge in [-0.05, 0) is 33.8 Å². The fourth-order valence-electron chi connectivity index (χ4n) is 1.74. The van der Waals surface area contributed by atoms with E-state index < -0.39 is 24.2 Å². The molecule has 0 unspecified atom stereocenters. The van der Waals surface area contributed by atoms with Gasteiger partial charge in [0.05, 0.1) is 16.2 Å². The zero-order chi connectivity index (χ0) is 14.4. The van der Waals surface area contributed by atoms with Gasteiger partial charge in [0.2, 0.25) is 0 Å². The second kappa shape index (κ2) is 4.47. The van der Waals surface area contributed by atoms with Gasteiger partial charge in [-0.3, -0.25) is 4.79 Å². The average Bonchev–Trinajstić information content (AvgIpc) is 2.47. The molecule has 1 fully saturated rings. The summed E-state index contributed by atoms with van der Waals surface area (Å²) < 4.78 is 11.7. The van der Waals surface area contributed by atoms with Crippen LogP contribution in [0.1, 0.15) is 38.2 Å². The van der Waals surface area contributed by atoms with E-state index in [-0.39, 0.29) is 10.7 Å². The molecule has 0 aliphatic carbocycles. The van der Waals surface area contributed by atoms with Crippen LogP contribution in [-0.4, -0.2) is 29.2 Å². The third-order valence-corrected chi connectivity index (χ3v) is 3.91. The van der Waals surface area contributed by atoms with Gasteiger partial charge in [-0.25, -0.2) is 4.98 Å². The molecule has 0 aromatic carbocycles. The topological polar surface area (TPSA) is 74.4 Å². The van der Waals surface area contributed by atoms with Gasteiger partial charge < -0.3 is 15.0 Å². The van der Waals surface area contributed by atoms with E-state index in [1.165, 1.54) is 6.20 Å². The molecule has 2 N–H and O–H groups in total. The average molecular weight is 283 g/mol. The highest BCUT2D eigenvalue weighted by atomic mass is 35.5. The molecule has 5 nitrogen and oxygen atoms in total. The van der Waals surface area contributed by atoms with E-state index >= 15 is 0 Å². The van der Waals surface area contributed by atoms with Crippen molar-refractivity contribution in [1.82, 2.24) is 4.98 Å². The molecule has 7 heteroatoms. The summed E-state index contributed by atoms with van der Waals surface area (Å²) in [6.45, 7) is 7.83. The lowest BCUT2D eigenvalue weighted by Gasteiger charge is -2.32. The predicted octanol–water partition coefficient (Wildman–Crippen LogP) is 1.13. The minimum Gasteiger partial charge on any atom is -0.399 e. The van der Waals surface area contributed by atoms with Gasteiger partial charge in [0.15, 0.2) is 0 Å². The van der Waals surface area contributed by atoms with Gasteiger partial charge in [-0.15, -0.1) is 0 Å². The summed E-state index contributed by atoms with van der Waals surface area (Å²) in [5, 5.41) is 0.194. The maximum absolute atomic E-state index is 11.1. The van der Waals surface area contributed by atoms with E-state index in [0.717, 1.165) is 0 Å². The Morgan fingerprint density at radius 1 is 1.32 bits per heavy atom. The molecule has 0 spiro atoms. The van der Waals surface area contributed by atoms with Crippen LogP contribution in [0.3, 0.4) is 0 Å². The lowest BCUT2D eigenvalue weighted by molar-refractivity contribution is 0.00578. The minimum atomic E-state index is -0.662. The Morgan fingerprint density at radius 3 is 2.26 bits per heavy atom. The monoisotopic (exact) mass is 282 g/mol.